The highest BCUT2D eigenvalue weighted by molar-refractivity contribution is 6.17. The highest BCUT2D eigenvalue weighted by Crippen LogP contribution is 2.08. The molecular weight excluding hydrogens is 236 g/mol. The van der Waals surface area contributed by atoms with Crippen molar-refractivity contribution >= 4 is 23.8 Å². The molecule has 0 atom stereocenters. The fraction of sp³-hybridized carbons (Fsp3) is 0.778. The molecule has 1 aliphatic heterocycles. The van der Waals surface area contributed by atoms with E-state index in [1.807, 2.05) is 0 Å². The standard InChI is InChI=1S/C9H15ClN2O4/c1-11(8(13)15-6-10)7-16-9(14)12-4-2-3-5-12/h2-7H2,1H3. The van der Waals surface area contributed by atoms with Crippen molar-refractivity contribution in [3.8, 4) is 0 Å². The third kappa shape index (κ3) is 3.77. The van der Waals surface area contributed by atoms with E-state index in [0.29, 0.717) is 13.1 Å². The lowest BCUT2D eigenvalue weighted by atomic mass is 10.4. The first kappa shape index (κ1) is 12.9. The quantitative estimate of drug-likeness (QED) is 0.562. The lowest BCUT2D eigenvalue weighted by Gasteiger charge is -2.19. The van der Waals surface area contributed by atoms with Gasteiger partial charge in [0.05, 0.1) is 0 Å². The number of nitrogens with zero attached hydrogens (tertiary/aromatic N) is 2. The van der Waals surface area contributed by atoms with Crippen molar-refractivity contribution in [3.63, 3.8) is 0 Å². The van der Waals surface area contributed by atoms with Crippen LogP contribution in [0, 0.1) is 0 Å². The van der Waals surface area contributed by atoms with Crippen molar-refractivity contribution < 1.29 is 19.1 Å². The summed E-state index contributed by atoms with van der Waals surface area (Å²) in [4.78, 5) is 25.3. The summed E-state index contributed by atoms with van der Waals surface area (Å²) in [5, 5.41) is 0. The van der Waals surface area contributed by atoms with E-state index in [1.165, 1.54) is 7.05 Å². The van der Waals surface area contributed by atoms with E-state index < -0.39 is 12.2 Å². The van der Waals surface area contributed by atoms with Crippen LogP contribution >= 0.6 is 11.6 Å². The molecule has 1 fully saturated rings. The van der Waals surface area contributed by atoms with Crippen LogP contribution in [0.15, 0.2) is 0 Å². The molecule has 0 aromatic heterocycles. The van der Waals surface area contributed by atoms with E-state index in [1.54, 1.807) is 4.90 Å². The molecular formula is C9H15ClN2O4. The van der Waals surface area contributed by atoms with Crippen LogP contribution in [0.4, 0.5) is 9.59 Å². The lowest BCUT2D eigenvalue weighted by Crippen LogP contribution is -2.35. The normalized spacial score (nSPS) is 14.8. The van der Waals surface area contributed by atoms with Gasteiger partial charge in [-0.15, -0.1) is 0 Å². The predicted octanol–water partition coefficient (Wildman–Crippen LogP) is 1.44. The van der Waals surface area contributed by atoms with Gasteiger partial charge in [0.15, 0.2) is 12.8 Å². The van der Waals surface area contributed by atoms with Gasteiger partial charge in [0, 0.05) is 20.1 Å². The molecule has 0 saturated carbocycles. The van der Waals surface area contributed by atoms with Gasteiger partial charge in [-0.2, -0.15) is 0 Å². The van der Waals surface area contributed by atoms with Crippen LogP contribution in [0.1, 0.15) is 12.8 Å². The molecule has 0 aliphatic carbocycles. The van der Waals surface area contributed by atoms with Gasteiger partial charge in [-0.25, -0.2) is 9.59 Å². The van der Waals surface area contributed by atoms with Crippen molar-refractivity contribution in [2.45, 2.75) is 12.8 Å². The summed E-state index contributed by atoms with van der Waals surface area (Å²) in [5.74, 6) is 0. The van der Waals surface area contributed by atoms with Crippen molar-refractivity contribution in [3.05, 3.63) is 0 Å². The molecule has 92 valence electrons. The van der Waals surface area contributed by atoms with Gasteiger partial charge < -0.3 is 14.4 Å². The zero-order valence-electron chi connectivity index (χ0n) is 9.15. The van der Waals surface area contributed by atoms with Gasteiger partial charge in [-0.3, -0.25) is 4.90 Å². The number of alkyl halides is 1. The largest absolute Gasteiger partial charge is 0.433 e. The molecule has 1 rings (SSSR count). The van der Waals surface area contributed by atoms with E-state index >= 15 is 0 Å². The second kappa shape index (κ2) is 6.42. The predicted molar refractivity (Wildman–Crippen MR) is 57.1 cm³/mol. The van der Waals surface area contributed by atoms with Crippen molar-refractivity contribution in [1.82, 2.24) is 9.80 Å². The Labute approximate surface area is 99.0 Å². The molecule has 0 unspecified atom stereocenters. The number of likely N-dealkylation sites (tertiary alicyclic amines) is 1. The fourth-order valence-corrected chi connectivity index (χ4v) is 1.45. The summed E-state index contributed by atoms with van der Waals surface area (Å²) in [6.45, 7) is 1.30. The third-order valence-electron chi connectivity index (χ3n) is 2.24. The highest BCUT2D eigenvalue weighted by Gasteiger charge is 2.20. The molecule has 0 bridgehead atoms. The van der Waals surface area contributed by atoms with E-state index in [2.05, 4.69) is 4.74 Å². The summed E-state index contributed by atoms with van der Waals surface area (Å²) in [7, 11) is 1.46. The molecule has 0 aromatic carbocycles. The first-order valence-corrected chi connectivity index (χ1v) is 5.54. The third-order valence-corrected chi connectivity index (χ3v) is 2.34. The summed E-state index contributed by atoms with van der Waals surface area (Å²) >= 11 is 5.22. The van der Waals surface area contributed by atoms with Crippen molar-refractivity contribution in [2.75, 3.05) is 32.9 Å². The van der Waals surface area contributed by atoms with Crippen LogP contribution in [-0.4, -0.2) is 54.9 Å². The van der Waals surface area contributed by atoms with Gasteiger partial charge in [-0.1, -0.05) is 11.6 Å². The van der Waals surface area contributed by atoms with E-state index in [0.717, 1.165) is 17.7 Å². The maximum Gasteiger partial charge on any atom is 0.413 e. The Morgan fingerprint density at radius 2 is 1.94 bits per heavy atom. The minimum atomic E-state index is -0.621. The molecule has 1 aliphatic rings. The van der Waals surface area contributed by atoms with Crippen LogP contribution in [0.3, 0.4) is 0 Å². The van der Waals surface area contributed by atoms with Crippen LogP contribution in [0.5, 0.6) is 0 Å². The number of carbonyl (C=O) groups excluding carboxylic acids is 2. The molecule has 0 aromatic rings. The van der Waals surface area contributed by atoms with Gasteiger partial charge >= 0.3 is 12.2 Å². The smallest absolute Gasteiger partial charge is 0.413 e. The monoisotopic (exact) mass is 250 g/mol. The average Bonchev–Trinajstić information content (AvgIpc) is 2.79. The van der Waals surface area contributed by atoms with E-state index in [9.17, 15) is 9.59 Å². The molecule has 7 heteroatoms. The molecule has 0 radical (unpaired) electrons. The highest BCUT2D eigenvalue weighted by atomic mass is 35.5. The Hall–Kier alpha value is -1.17. The number of hydrogen-bond donors (Lipinski definition) is 0. The number of ether oxygens (including phenoxy) is 2. The van der Waals surface area contributed by atoms with E-state index in [-0.39, 0.29) is 12.8 Å². The molecule has 2 amide bonds. The number of halogens is 1. The van der Waals surface area contributed by atoms with Crippen molar-refractivity contribution in [2.24, 2.45) is 0 Å². The zero-order valence-corrected chi connectivity index (χ0v) is 9.90. The first-order valence-electron chi connectivity index (χ1n) is 5.00. The molecule has 16 heavy (non-hydrogen) atoms. The SMILES string of the molecule is CN(COC(=O)N1CCCC1)C(=O)OCCl. The minimum absolute atomic E-state index is 0.134. The lowest BCUT2D eigenvalue weighted by molar-refractivity contribution is 0.0508. The Bertz CT molecular complexity index is 256. The second-order valence-electron chi connectivity index (χ2n) is 3.45. The molecule has 0 N–H and O–H groups in total. The Balaban J connectivity index is 2.22. The maximum atomic E-state index is 11.4. The summed E-state index contributed by atoms with van der Waals surface area (Å²) < 4.78 is 9.43. The van der Waals surface area contributed by atoms with Gasteiger partial charge in [0.1, 0.15) is 0 Å². The summed E-state index contributed by atoms with van der Waals surface area (Å²) in [6.07, 6.45) is 0.977. The Kier molecular flexibility index (Phi) is 5.18. The van der Waals surface area contributed by atoms with Gasteiger partial charge in [-0.05, 0) is 12.8 Å². The Morgan fingerprint density at radius 3 is 2.50 bits per heavy atom. The Morgan fingerprint density at radius 1 is 1.31 bits per heavy atom. The molecule has 1 saturated heterocycles. The van der Waals surface area contributed by atoms with Gasteiger partial charge in [0.2, 0.25) is 0 Å². The first-order chi connectivity index (χ1) is 7.65. The van der Waals surface area contributed by atoms with Gasteiger partial charge in [0.25, 0.3) is 0 Å². The zero-order chi connectivity index (χ0) is 12.0. The van der Waals surface area contributed by atoms with E-state index in [4.69, 9.17) is 16.3 Å². The number of hydrogen-bond acceptors (Lipinski definition) is 4. The van der Waals surface area contributed by atoms with Crippen LogP contribution in [0.25, 0.3) is 0 Å². The average molecular weight is 251 g/mol. The maximum absolute atomic E-state index is 11.4. The minimum Gasteiger partial charge on any atom is -0.433 e. The van der Waals surface area contributed by atoms with Crippen LogP contribution < -0.4 is 0 Å². The molecule has 1 heterocycles. The van der Waals surface area contributed by atoms with Crippen LogP contribution in [-0.2, 0) is 9.47 Å². The molecule has 6 nitrogen and oxygen atoms in total. The number of carbonyl (C=O) groups is 2. The topological polar surface area (TPSA) is 59.1 Å². The van der Waals surface area contributed by atoms with Crippen molar-refractivity contribution in [1.29, 1.82) is 0 Å². The fourth-order valence-electron chi connectivity index (χ4n) is 1.35. The number of amides is 2. The summed E-state index contributed by atoms with van der Waals surface area (Å²) in [6, 6.07) is -0.219. The number of rotatable bonds is 3. The summed E-state index contributed by atoms with van der Waals surface area (Å²) in [5.41, 5.74) is 0. The second-order valence-corrected chi connectivity index (χ2v) is 3.67. The van der Waals surface area contributed by atoms with Crippen LogP contribution in [0.2, 0.25) is 0 Å². The molecule has 0 spiro atoms.